The zero-order chi connectivity index (χ0) is 14.2. The molecule has 0 bridgehead atoms. The van der Waals surface area contributed by atoms with E-state index in [4.69, 9.17) is 9.47 Å². The lowest BCUT2D eigenvalue weighted by Crippen LogP contribution is -2.53. The van der Waals surface area contributed by atoms with Gasteiger partial charge in [0.2, 0.25) is 5.91 Å². The number of aliphatic hydroxyl groups excluding tert-OH is 1. The van der Waals surface area contributed by atoms with Crippen molar-refractivity contribution >= 4 is 5.91 Å². The zero-order valence-electron chi connectivity index (χ0n) is 12.2. The Hall–Kier alpha value is -0.650. The smallest absolute Gasteiger partial charge is 0.228 e. The third-order valence-electron chi connectivity index (χ3n) is 4.37. The lowest BCUT2D eigenvalue weighted by atomic mass is 9.88. The third-order valence-corrected chi connectivity index (χ3v) is 4.37. The highest BCUT2D eigenvalue weighted by Gasteiger charge is 2.44. The van der Waals surface area contributed by atoms with Gasteiger partial charge in [0.05, 0.1) is 36.9 Å². The highest BCUT2D eigenvalue weighted by atomic mass is 16.5. The molecule has 110 valence electrons. The highest BCUT2D eigenvalue weighted by molar-refractivity contribution is 5.80. The van der Waals surface area contributed by atoms with Crippen LogP contribution in [0.4, 0.5) is 0 Å². The van der Waals surface area contributed by atoms with Crippen LogP contribution in [0.1, 0.15) is 27.7 Å². The first-order chi connectivity index (χ1) is 8.93. The summed E-state index contributed by atoms with van der Waals surface area (Å²) in [6, 6.07) is 0. The summed E-state index contributed by atoms with van der Waals surface area (Å²) in [6.07, 6.45) is -0.211. The molecule has 1 N–H and O–H groups in total. The van der Waals surface area contributed by atoms with E-state index >= 15 is 0 Å². The lowest BCUT2D eigenvalue weighted by Gasteiger charge is -2.38. The van der Waals surface area contributed by atoms with Gasteiger partial charge in [-0.25, -0.2) is 0 Å². The summed E-state index contributed by atoms with van der Waals surface area (Å²) in [6.45, 7) is 9.02. The average Bonchev–Trinajstić information content (AvgIpc) is 2.61. The number of ether oxygens (including phenoxy) is 2. The zero-order valence-corrected chi connectivity index (χ0v) is 12.2. The summed E-state index contributed by atoms with van der Waals surface area (Å²) >= 11 is 0. The Morgan fingerprint density at radius 2 is 1.84 bits per heavy atom. The molecule has 2 saturated heterocycles. The first-order valence-electron chi connectivity index (χ1n) is 7.14. The van der Waals surface area contributed by atoms with Crippen LogP contribution in [0.5, 0.6) is 0 Å². The van der Waals surface area contributed by atoms with E-state index in [1.807, 2.05) is 25.7 Å². The summed E-state index contributed by atoms with van der Waals surface area (Å²) in [5.41, 5.74) is 0. The van der Waals surface area contributed by atoms with Crippen LogP contribution in [0.15, 0.2) is 0 Å². The van der Waals surface area contributed by atoms with Crippen molar-refractivity contribution in [3.63, 3.8) is 0 Å². The van der Waals surface area contributed by atoms with Gasteiger partial charge in [0.1, 0.15) is 0 Å². The van der Waals surface area contributed by atoms with Crippen LogP contribution < -0.4 is 0 Å². The Balaban J connectivity index is 2.06. The molecule has 0 aromatic carbocycles. The number of carbonyl (C=O) groups excluding carboxylic acids is 1. The third kappa shape index (κ3) is 2.93. The number of morpholine rings is 1. The van der Waals surface area contributed by atoms with E-state index in [1.165, 1.54) is 0 Å². The van der Waals surface area contributed by atoms with Crippen LogP contribution >= 0.6 is 0 Å². The van der Waals surface area contributed by atoms with E-state index in [-0.39, 0.29) is 48.8 Å². The van der Waals surface area contributed by atoms with Gasteiger partial charge in [-0.15, -0.1) is 0 Å². The van der Waals surface area contributed by atoms with Crippen molar-refractivity contribution in [3.8, 4) is 0 Å². The van der Waals surface area contributed by atoms with Gasteiger partial charge in [-0.05, 0) is 26.7 Å². The van der Waals surface area contributed by atoms with Crippen LogP contribution in [-0.4, -0.2) is 60.0 Å². The summed E-state index contributed by atoms with van der Waals surface area (Å²) in [4.78, 5) is 14.5. The maximum absolute atomic E-state index is 12.7. The Labute approximate surface area is 114 Å². The van der Waals surface area contributed by atoms with E-state index in [0.29, 0.717) is 13.1 Å². The van der Waals surface area contributed by atoms with Gasteiger partial charge in [0.15, 0.2) is 0 Å². The molecule has 2 heterocycles. The Morgan fingerprint density at radius 1 is 1.16 bits per heavy atom. The quantitative estimate of drug-likeness (QED) is 0.801. The van der Waals surface area contributed by atoms with Crippen LogP contribution in [0.3, 0.4) is 0 Å². The van der Waals surface area contributed by atoms with E-state index < -0.39 is 0 Å². The fraction of sp³-hybridized carbons (Fsp3) is 0.929. The molecule has 2 rings (SSSR count). The molecule has 6 atom stereocenters. The summed E-state index contributed by atoms with van der Waals surface area (Å²) in [5.74, 6) is 0.283. The molecule has 0 saturated carbocycles. The molecule has 0 spiro atoms. The molecular weight excluding hydrogens is 246 g/mol. The second kappa shape index (κ2) is 5.77. The standard InChI is InChI=1S/C14H25NO4/c1-8-5-15(6-12(7-16)18-8)14(17)13-9(2)10(3)19-11(13)4/h8-13,16H,5-7H2,1-4H3. The number of hydrogen-bond acceptors (Lipinski definition) is 4. The minimum absolute atomic E-state index is 0.0276. The topological polar surface area (TPSA) is 59.0 Å². The first-order valence-corrected chi connectivity index (χ1v) is 7.14. The number of rotatable bonds is 2. The van der Waals surface area contributed by atoms with Crippen molar-refractivity contribution in [3.05, 3.63) is 0 Å². The molecule has 5 nitrogen and oxygen atoms in total. The van der Waals surface area contributed by atoms with E-state index in [2.05, 4.69) is 6.92 Å². The molecule has 1 amide bonds. The number of hydrogen-bond donors (Lipinski definition) is 1. The summed E-state index contributed by atoms with van der Waals surface area (Å²) < 4.78 is 11.3. The molecular formula is C14H25NO4. The van der Waals surface area contributed by atoms with Crippen LogP contribution in [-0.2, 0) is 14.3 Å². The molecule has 6 unspecified atom stereocenters. The van der Waals surface area contributed by atoms with E-state index in [9.17, 15) is 9.90 Å². The van der Waals surface area contributed by atoms with Gasteiger partial charge < -0.3 is 19.5 Å². The number of nitrogens with zero attached hydrogens (tertiary/aromatic N) is 1. The average molecular weight is 271 g/mol. The molecule has 2 aliphatic heterocycles. The maximum atomic E-state index is 12.7. The van der Waals surface area contributed by atoms with Crippen molar-refractivity contribution in [1.29, 1.82) is 0 Å². The van der Waals surface area contributed by atoms with Gasteiger partial charge in [-0.2, -0.15) is 0 Å². The minimum Gasteiger partial charge on any atom is -0.394 e. The van der Waals surface area contributed by atoms with Gasteiger partial charge in [0, 0.05) is 13.1 Å². The minimum atomic E-state index is -0.266. The first kappa shape index (κ1) is 14.8. The van der Waals surface area contributed by atoms with E-state index in [0.717, 1.165) is 0 Å². The number of amides is 1. The van der Waals surface area contributed by atoms with Crippen molar-refractivity contribution in [2.24, 2.45) is 11.8 Å². The largest absolute Gasteiger partial charge is 0.394 e. The Kier molecular flexibility index (Phi) is 4.48. The molecule has 2 fully saturated rings. The molecule has 2 aliphatic rings. The van der Waals surface area contributed by atoms with Crippen LogP contribution in [0, 0.1) is 11.8 Å². The van der Waals surface area contributed by atoms with Gasteiger partial charge in [0.25, 0.3) is 0 Å². The van der Waals surface area contributed by atoms with Gasteiger partial charge >= 0.3 is 0 Å². The van der Waals surface area contributed by atoms with Crippen molar-refractivity contribution in [1.82, 2.24) is 4.90 Å². The van der Waals surface area contributed by atoms with Crippen molar-refractivity contribution < 1.29 is 19.4 Å². The van der Waals surface area contributed by atoms with Gasteiger partial charge in [-0.1, -0.05) is 6.92 Å². The van der Waals surface area contributed by atoms with Crippen LogP contribution in [0.25, 0.3) is 0 Å². The maximum Gasteiger partial charge on any atom is 0.228 e. The fourth-order valence-corrected chi connectivity index (χ4v) is 3.23. The molecule has 0 aliphatic carbocycles. The molecule has 5 heteroatoms. The predicted octanol–water partition coefficient (Wildman–Crippen LogP) is 0.654. The lowest BCUT2D eigenvalue weighted by molar-refractivity contribution is -0.153. The van der Waals surface area contributed by atoms with Gasteiger partial charge in [-0.3, -0.25) is 4.79 Å². The van der Waals surface area contributed by atoms with Crippen molar-refractivity contribution in [2.75, 3.05) is 19.7 Å². The van der Waals surface area contributed by atoms with E-state index in [1.54, 1.807) is 0 Å². The Morgan fingerprint density at radius 3 is 2.37 bits per heavy atom. The number of aliphatic hydroxyl groups is 1. The number of carbonyl (C=O) groups is 1. The van der Waals surface area contributed by atoms with Crippen LogP contribution in [0.2, 0.25) is 0 Å². The fourth-order valence-electron chi connectivity index (χ4n) is 3.23. The molecule has 19 heavy (non-hydrogen) atoms. The predicted molar refractivity (Wildman–Crippen MR) is 70.7 cm³/mol. The normalized spacial score (nSPS) is 43.5. The molecule has 0 aromatic heterocycles. The summed E-state index contributed by atoms with van der Waals surface area (Å²) in [5, 5.41) is 9.23. The molecule has 0 aromatic rings. The monoisotopic (exact) mass is 271 g/mol. The highest BCUT2D eigenvalue weighted by Crippen LogP contribution is 2.34. The summed E-state index contributed by atoms with van der Waals surface area (Å²) in [7, 11) is 0. The van der Waals surface area contributed by atoms with Crippen molar-refractivity contribution in [2.45, 2.75) is 52.1 Å². The molecule has 0 radical (unpaired) electrons. The SMILES string of the molecule is CC1CN(C(=O)C2C(C)OC(C)C2C)CC(CO)O1. The Bertz CT molecular complexity index is 335. The second-order valence-corrected chi connectivity index (χ2v) is 5.93. The second-order valence-electron chi connectivity index (χ2n) is 5.93.